The largest absolute Gasteiger partial charge is 0.379 e. The lowest BCUT2D eigenvalue weighted by Gasteiger charge is -2.26. The standard InChI is InChI=1S/C13H20N4O.ClH/c14-13(15)16-12-3-1-11(2-4-12)5-6-17-7-9-18-10-8-17;/h1-4H,5-10H2,(H4,14,15,16);1H. The van der Waals surface area contributed by atoms with Crippen LogP contribution in [0.2, 0.25) is 0 Å². The van der Waals surface area contributed by atoms with Gasteiger partial charge in [0.25, 0.3) is 0 Å². The van der Waals surface area contributed by atoms with Gasteiger partial charge in [-0.05, 0) is 24.1 Å². The molecule has 0 unspecified atom stereocenters. The minimum absolute atomic E-state index is 0. The zero-order chi connectivity index (χ0) is 12.8. The molecule has 1 aromatic rings. The fourth-order valence-electron chi connectivity index (χ4n) is 2.00. The van der Waals surface area contributed by atoms with Crippen LogP contribution in [0, 0.1) is 0 Å². The van der Waals surface area contributed by atoms with Gasteiger partial charge in [0.2, 0.25) is 0 Å². The molecular weight excluding hydrogens is 264 g/mol. The summed E-state index contributed by atoms with van der Waals surface area (Å²) in [5.41, 5.74) is 12.8. The zero-order valence-electron chi connectivity index (χ0n) is 10.9. The van der Waals surface area contributed by atoms with Crippen molar-refractivity contribution in [1.82, 2.24) is 4.90 Å². The fourth-order valence-corrected chi connectivity index (χ4v) is 2.00. The van der Waals surface area contributed by atoms with Crippen LogP contribution >= 0.6 is 12.4 Å². The molecule has 6 heteroatoms. The van der Waals surface area contributed by atoms with Gasteiger partial charge in [0.05, 0.1) is 18.9 Å². The maximum absolute atomic E-state index is 5.33. The number of rotatable bonds is 4. The van der Waals surface area contributed by atoms with E-state index < -0.39 is 0 Å². The van der Waals surface area contributed by atoms with Crippen LogP contribution in [-0.2, 0) is 11.2 Å². The number of halogens is 1. The number of nitrogens with zero attached hydrogens (tertiary/aromatic N) is 2. The Morgan fingerprint density at radius 2 is 1.79 bits per heavy atom. The van der Waals surface area contributed by atoms with E-state index in [0.29, 0.717) is 0 Å². The summed E-state index contributed by atoms with van der Waals surface area (Å²) >= 11 is 0. The molecule has 0 amide bonds. The van der Waals surface area contributed by atoms with Gasteiger partial charge in [-0.25, -0.2) is 4.99 Å². The first-order chi connectivity index (χ1) is 8.74. The van der Waals surface area contributed by atoms with Gasteiger partial charge in [-0.1, -0.05) is 12.1 Å². The maximum atomic E-state index is 5.33. The number of hydrogen-bond donors (Lipinski definition) is 2. The molecule has 19 heavy (non-hydrogen) atoms. The number of hydrogen-bond acceptors (Lipinski definition) is 3. The maximum Gasteiger partial charge on any atom is 0.191 e. The van der Waals surface area contributed by atoms with Gasteiger partial charge in [-0.15, -0.1) is 12.4 Å². The third-order valence-electron chi connectivity index (χ3n) is 3.01. The van der Waals surface area contributed by atoms with Gasteiger partial charge in [-0.3, -0.25) is 4.90 Å². The van der Waals surface area contributed by atoms with Crippen LogP contribution in [-0.4, -0.2) is 43.7 Å². The zero-order valence-corrected chi connectivity index (χ0v) is 11.7. The number of nitrogens with two attached hydrogens (primary N) is 2. The highest BCUT2D eigenvalue weighted by molar-refractivity contribution is 5.85. The first-order valence-corrected chi connectivity index (χ1v) is 6.23. The first kappa shape index (κ1) is 15.8. The van der Waals surface area contributed by atoms with Crippen molar-refractivity contribution in [1.29, 1.82) is 0 Å². The average Bonchev–Trinajstić information content (AvgIpc) is 2.38. The normalized spacial score (nSPS) is 15.6. The topological polar surface area (TPSA) is 76.9 Å². The molecule has 106 valence electrons. The van der Waals surface area contributed by atoms with E-state index in [-0.39, 0.29) is 18.4 Å². The molecule has 0 spiro atoms. The molecule has 1 aliphatic rings. The first-order valence-electron chi connectivity index (χ1n) is 6.23. The van der Waals surface area contributed by atoms with Crippen molar-refractivity contribution >= 4 is 24.1 Å². The fraction of sp³-hybridized carbons (Fsp3) is 0.462. The van der Waals surface area contributed by atoms with Crippen molar-refractivity contribution in [3.05, 3.63) is 29.8 Å². The molecule has 0 bridgehead atoms. The molecule has 0 radical (unpaired) electrons. The summed E-state index contributed by atoms with van der Waals surface area (Å²) in [7, 11) is 0. The summed E-state index contributed by atoms with van der Waals surface area (Å²) in [5.74, 6) is 0.0936. The Morgan fingerprint density at radius 1 is 1.16 bits per heavy atom. The van der Waals surface area contributed by atoms with Crippen molar-refractivity contribution in [3.8, 4) is 0 Å². The Morgan fingerprint density at radius 3 is 2.37 bits per heavy atom. The van der Waals surface area contributed by atoms with Crippen LogP contribution in [0.5, 0.6) is 0 Å². The molecule has 2 rings (SSSR count). The summed E-state index contributed by atoms with van der Waals surface area (Å²) in [5, 5.41) is 0. The Balaban J connectivity index is 0.00000180. The van der Waals surface area contributed by atoms with E-state index >= 15 is 0 Å². The molecule has 1 heterocycles. The number of guanidine groups is 1. The van der Waals surface area contributed by atoms with Crippen molar-refractivity contribution in [3.63, 3.8) is 0 Å². The van der Waals surface area contributed by atoms with Crippen LogP contribution in [0.3, 0.4) is 0 Å². The Hall–Kier alpha value is -1.30. The monoisotopic (exact) mass is 284 g/mol. The minimum Gasteiger partial charge on any atom is -0.379 e. The molecule has 1 aliphatic heterocycles. The van der Waals surface area contributed by atoms with E-state index in [1.54, 1.807) is 0 Å². The van der Waals surface area contributed by atoms with E-state index in [0.717, 1.165) is 45.0 Å². The lowest BCUT2D eigenvalue weighted by Crippen LogP contribution is -2.37. The van der Waals surface area contributed by atoms with E-state index in [2.05, 4.69) is 22.0 Å². The molecule has 1 fully saturated rings. The molecule has 4 N–H and O–H groups in total. The smallest absolute Gasteiger partial charge is 0.191 e. The van der Waals surface area contributed by atoms with E-state index in [1.807, 2.05) is 12.1 Å². The highest BCUT2D eigenvalue weighted by Gasteiger charge is 2.09. The van der Waals surface area contributed by atoms with Crippen molar-refractivity contribution in [2.24, 2.45) is 16.5 Å². The second-order valence-electron chi connectivity index (χ2n) is 4.41. The number of aliphatic imine (C=N–C) groups is 1. The van der Waals surface area contributed by atoms with Crippen LogP contribution in [0.25, 0.3) is 0 Å². The Labute approximate surface area is 120 Å². The lowest BCUT2D eigenvalue weighted by molar-refractivity contribution is 0.0384. The summed E-state index contributed by atoms with van der Waals surface area (Å²) in [4.78, 5) is 6.42. The van der Waals surface area contributed by atoms with Crippen LogP contribution < -0.4 is 11.5 Å². The van der Waals surface area contributed by atoms with Gasteiger partial charge in [0.15, 0.2) is 5.96 Å². The van der Waals surface area contributed by atoms with E-state index in [1.165, 1.54) is 5.56 Å². The van der Waals surface area contributed by atoms with Crippen LogP contribution in [0.4, 0.5) is 5.69 Å². The highest BCUT2D eigenvalue weighted by Crippen LogP contribution is 2.13. The minimum atomic E-state index is 0. The lowest BCUT2D eigenvalue weighted by atomic mass is 10.1. The third kappa shape index (κ3) is 5.46. The van der Waals surface area contributed by atoms with Crippen molar-refractivity contribution in [2.75, 3.05) is 32.8 Å². The molecular formula is C13H21ClN4O. The summed E-state index contributed by atoms with van der Waals surface area (Å²) in [6.07, 6.45) is 1.04. The molecule has 1 aromatic carbocycles. The van der Waals surface area contributed by atoms with Gasteiger partial charge < -0.3 is 16.2 Å². The van der Waals surface area contributed by atoms with E-state index in [4.69, 9.17) is 16.2 Å². The number of morpholine rings is 1. The number of benzene rings is 1. The SMILES string of the molecule is Cl.NC(N)=Nc1ccc(CCN2CCOCC2)cc1. The van der Waals surface area contributed by atoms with Gasteiger partial charge in [0.1, 0.15) is 0 Å². The summed E-state index contributed by atoms with van der Waals surface area (Å²) in [6, 6.07) is 8.02. The van der Waals surface area contributed by atoms with Gasteiger partial charge in [-0.2, -0.15) is 0 Å². The second-order valence-corrected chi connectivity index (χ2v) is 4.41. The quantitative estimate of drug-likeness (QED) is 0.636. The predicted molar refractivity (Wildman–Crippen MR) is 80.1 cm³/mol. The molecule has 0 aliphatic carbocycles. The van der Waals surface area contributed by atoms with Crippen molar-refractivity contribution < 1.29 is 4.74 Å². The Bertz CT molecular complexity index is 398. The van der Waals surface area contributed by atoms with Gasteiger partial charge >= 0.3 is 0 Å². The highest BCUT2D eigenvalue weighted by atomic mass is 35.5. The van der Waals surface area contributed by atoms with Crippen LogP contribution in [0.1, 0.15) is 5.56 Å². The molecule has 1 saturated heterocycles. The predicted octanol–water partition coefficient (Wildman–Crippen LogP) is 0.888. The van der Waals surface area contributed by atoms with Crippen molar-refractivity contribution in [2.45, 2.75) is 6.42 Å². The number of ether oxygens (including phenoxy) is 1. The molecule has 0 saturated carbocycles. The average molecular weight is 285 g/mol. The second kappa shape index (κ2) is 7.99. The van der Waals surface area contributed by atoms with Gasteiger partial charge in [0, 0.05) is 19.6 Å². The molecule has 0 atom stereocenters. The molecule has 0 aromatic heterocycles. The van der Waals surface area contributed by atoms with E-state index in [9.17, 15) is 0 Å². The summed E-state index contributed by atoms with van der Waals surface area (Å²) < 4.78 is 5.32. The third-order valence-corrected chi connectivity index (χ3v) is 3.01. The summed E-state index contributed by atoms with van der Waals surface area (Å²) in [6.45, 7) is 4.84. The Kier molecular flexibility index (Phi) is 6.62. The van der Waals surface area contributed by atoms with Crippen LogP contribution in [0.15, 0.2) is 29.3 Å². The molecule has 5 nitrogen and oxygen atoms in total.